The van der Waals surface area contributed by atoms with Gasteiger partial charge in [-0.15, -0.1) is 0 Å². The van der Waals surface area contributed by atoms with Crippen molar-refractivity contribution in [3.05, 3.63) is 29.8 Å². The van der Waals surface area contributed by atoms with Crippen molar-refractivity contribution in [3.63, 3.8) is 0 Å². The van der Waals surface area contributed by atoms with Crippen molar-refractivity contribution in [2.45, 2.75) is 55.9 Å². The van der Waals surface area contributed by atoms with Gasteiger partial charge < -0.3 is 20.8 Å². The highest BCUT2D eigenvalue weighted by molar-refractivity contribution is 7.85. The number of carbonyl (C=O) groups is 2. The molecule has 1 unspecified atom stereocenters. The van der Waals surface area contributed by atoms with Gasteiger partial charge in [-0.1, -0.05) is 19.3 Å². The van der Waals surface area contributed by atoms with Crippen LogP contribution in [0.15, 0.2) is 29.2 Å². The van der Waals surface area contributed by atoms with Gasteiger partial charge in [-0.25, -0.2) is 4.79 Å². The van der Waals surface area contributed by atoms with E-state index in [1.54, 1.807) is 0 Å². The van der Waals surface area contributed by atoms with Gasteiger partial charge in [0.25, 0.3) is 5.91 Å². The van der Waals surface area contributed by atoms with Gasteiger partial charge >= 0.3 is 6.16 Å². The van der Waals surface area contributed by atoms with E-state index in [1.807, 2.05) is 24.3 Å². The van der Waals surface area contributed by atoms with E-state index in [9.17, 15) is 9.00 Å². The zero-order valence-corrected chi connectivity index (χ0v) is 16.9. The van der Waals surface area contributed by atoms with Gasteiger partial charge in [0.2, 0.25) is 0 Å². The standard InChI is InChI=1S/C19H28N2O2S.CH2O3/c22-19(21-17-4-2-1-3-5-17)16-6-8-18(9-7-16)24(23)14-15-10-12-20-13-11-15;2-1(3)4/h6-9,15,17,20H,1-5,10-14H2,(H,21,22);(H2,2,3,4). The molecule has 1 amide bonds. The van der Waals surface area contributed by atoms with Gasteiger partial charge in [0.1, 0.15) is 0 Å². The molecular formula is C20H30N2O5S. The second-order valence-corrected chi connectivity index (χ2v) is 8.82. The summed E-state index contributed by atoms with van der Waals surface area (Å²) in [5, 5.41) is 20.4. The Hall–Kier alpha value is -1.93. The predicted molar refractivity (Wildman–Crippen MR) is 108 cm³/mol. The summed E-state index contributed by atoms with van der Waals surface area (Å²) in [6.45, 7) is 2.06. The third kappa shape index (κ3) is 7.98. The fraction of sp³-hybridized carbons (Fsp3) is 0.600. The monoisotopic (exact) mass is 410 g/mol. The highest BCUT2D eigenvalue weighted by atomic mass is 32.2. The normalized spacial score (nSPS) is 19.1. The van der Waals surface area contributed by atoms with Crippen LogP contribution in [0.1, 0.15) is 55.3 Å². The Morgan fingerprint density at radius 2 is 1.57 bits per heavy atom. The average Bonchev–Trinajstić information content (AvgIpc) is 2.69. The van der Waals surface area contributed by atoms with E-state index in [0.29, 0.717) is 17.5 Å². The summed E-state index contributed by atoms with van der Waals surface area (Å²) >= 11 is 0. The molecule has 1 aromatic carbocycles. The summed E-state index contributed by atoms with van der Waals surface area (Å²) in [7, 11) is -0.968. The molecule has 7 nitrogen and oxygen atoms in total. The van der Waals surface area contributed by atoms with Crippen molar-refractivity contribution in [1.29, 1.82) is 0 Å². The molecular weight excluding hydrogens is 380 g/mol. The van der Waals surface area contributed by atoms with E-state index in [1.165, 1.54) is 19.3 Å². The summed E-state index contributed by atoms with van der Waals surface area (Å²) in [6.07, 6.45) is 6.25. The van der Waals surface area contributed by atoms with Crippen molar-refractivity contribution in [3.8, 4) is 0 Å². The Morgan fingerprint density at radius 1 is 1.00 bits per heavy atom. The van der Waals surface area contributed by atoms with Crippen molar-refractivity contribution in [2.75, 3.05) is 18.8 Å². The number of carbonyl (C=O) groups excluding carboxylic acids is 1. The molecule has 0 radical (unpaired) electrons. The molecule has 0 spiro atoms. The van der Waals surface area contributed by atoms with E-state index < -0.39 is 17.0 Å². The van der Waals surface area contributed by atoms with E-state index in [4.69, 9.17) is 15.0 Å². The summed E-state index contributed by atoms with van der Waals surface area (Å²) in [5.41, 5.74) is 0.670. The van der Waals surface area contributed by atoms with Crippen LogP contribution < -0.4 is 10.6 Å². The fourth-order valence-corrected chi connectivity index (χ4v) is 5.03. The average molecular weight is 411 g/mol. The molecule has 8 heteroatoms. The molecule has 28 heavy (non-hydrogen) atoms. The molecule has 156 valence electrons. The molecule has 1 aromatic rings. The van der Waals surface area contributed by atoms with E-state index in [-0.39, 0.29) is 5.91 Å². The summed E-state index contributed by atoms with van der Waals surface area (Å²) in [6, 6.07) is 7.65. The topological polar surface area (TPSA) is 116 Å². The maximum absolute atomic E-state index is 12.5. The van der Waals surface area contributed by atoms with Crippen molar-refractivity contribution in [1.82, 2.24) is 10.6 Å². The quantitative estimate of drug-likeness (QED) is 0.593. The molecule has 4 N–H and O–H groups in total. The van der Waals surface area contributed by atoms with Crippen LogP contribution in [0.2, 0.25) is 0 Å². The number of piperidine rings is 1. The Bertz CT molecular complexity index is 598. The first kappa shape index (κ1) is 22.4. The minimum atomic E-state index is -1.83. The van der Waals surface area contributed by atoms with Gasteiger partial charge in [-0.2, -0.15) is 0 Å². The van der Waals surface area contributed by atoms with Crippen molar-refractivity contribution in [2.24, 2.45) is 5.92 Å². The lowest BCUT2D eigenvalue weighted by Gasteiger charge is -2.23. The number of rotatable bonds is 5. The van der Waals surface area contributed by atoms with Crippen LogP contribution in [0.5, 0.6) is 0 Å². The number of hydrogen-bond donors (Lipinski definition) is 4. The lowest BCUT2D eigenvalue weighted by molar-refractivity contribution is 0.0927. The molecule has 3 rings (SSSR count). The van der Waals surface area contributed by atoms with Crippen LogP contribution in [-0.4, -0.2) is 51.4 Å². The Kier molecular flexibility index (Phi) is 9.43. The molecule has 0 aromatic heterocycles. The van der Waals surface area contributed by atoms with Gasteiger partial charge in [0.15, 0.2) is 0 Å². The van der Waals surface area contributed by atoms with Crippen LogP contribution >= 0.6 is 0 Å². The first-order valence-corrected chi connectivity index (χ1v) is 11.2. The smallest absolute Gasteiger partial charge is 0.450 e. The summed E-state index contributed by atoms with van der Waals surface area (Å²) in [4.78, 5) is 21.7. The lowest BCUT2D eigenvalue weighted by Crippen LogP contribution is -2.36. The molecule has 1 saturated carbocycles. The SMILES string of the molecule is O=C(NC1CCCCC1)c1ccc(S(=O)CC2CCNCC2)cc1.O=C(O)O. The summed E-state index contributed by atoms with van der Waals surface area (Å²) < 4.78 is 12.5. The second-order valence-electron chi connectivity index (χ2n) is 7.32. The fourth-order valence-electron chi connectivity index (χ4n) is 3.63. The molecule has 0 bridgehead atoms. The largest absolute Gasteiger partial charge is 0.503 e. The maximum Gasteiger partial charge on any atom is 0.503 e. The van der Waals surface area contributed by atoms with Crippen LogP contribution in [0.25, 0.3) is 0 Å². The molecule has 1 aliphatic carbocycles. The highest BCUT2D eigenvalue weighted by Gasteiger charge is 2.19. The second kappa shape index (κ2) is 11.8. The first-order chi connectivity index (χ1) is 13.5. The zero-order valence-electron chi connectivity index (χ0n) is 16.1. The predicted octanol–water partition coefficient (Wildman–Crippen LogP) is 3.08. The Labute approximate surface area is 168 Å². The third-order valence-electron chi connectivity index (χ3n) is 5.17. The molecule has 2 fully saturated rings. The van der Waals surface area contributed by atoms with E-state index in [0.717, 1.165) is 49.4 Å². The van der Waals surface area contributed by atoms with Gasteiger partial charge in [0, 0.05) is 22.3 Å². The minimum Gasteiger partial charge on any atom is -0.450 e. The van der Waals surface area contributed by atoms with E-state index in [2.05, 4.69) is 10.6 Å². The van der Waals surface area contributed by atoms with Crippen LogP contribution in [-0.2, 0) is 10.8 Å². The highest BCUT2D eigenvalue weighted by Crippen LogP contribution is 2.19. The number of hydrogen-bond acceptors (Lipinski definition) is 4. The number of amides is 1. The molecule has 1 aliphatic heterocycles. The molecule has 1 heterocycles. The van der Waals surface area contributed by atoms with Gasteiger partial charge in [0.05, 0.1) is 10.8 Å². The van der Waals surface area contributed by atoms with Crippen LogP contribution in [0, 0.1) is 5.92 Å². The maximum atomic E-state index is 12.5. The van der Waals surface area contributed by atoms with Crippen molar-refractivity contribution < 1.29 is 24.0 Å². The van der Waals surface area contributed by atoms with Gasteiger partial charge in [-0.05, 0) is 69.0 Å². The molecule has 1 atom stereocenters. The number of carboxylic acid groups (broad SMARTS) is 2. The van der Waals surface area contributed by atoms with Crippen LogP contribution in [0.4, 0.5) is 4.79 Å². The number of benzene rings is 1. The third-order valence-corrected chi connectivity index (χ3v) is 6.74. The Balaban J connectivity index is 0.000000640. The first-order valence-electron chi connectivity index (χ1n) is 9.87. The van der Waals surface area contributed by atoms with Crippen LogP contribution in [0.3, 0.4) is 0 Å². The van der Waals surface area contributed by atoms with E-state index >= 15 is 0 Å². The van der Waals surface area contributed by atoms with Crippen molar-refractivity contribution >= 4 is 22.9 Å². The Morgan fingerprint density at radius 3 is 2.14 bits per heavy atom. The lowest BCUT2D eigenvalue weighted by atomic mass is 9.95. The van der Waals surface area contributed by atoms with Gasteiger partial charge in [-0.3, -0.25) is 9.00 Å². The minimum absolute atomic E-state index is 0.00223. The number of nitrogens with one attached hydrogen (secondary N) is 2. The zero-order chi connectivity index (χ0) is 20.4. The summed E-state index contributed by atoms with van der Waals surface area (Å²) in [5.74, 6) is 1.27. The molecule has 2 aliphatic rings. The molecule has 1 saturated heterocycles.